The number of non-ortho nitro benzene ring substituents is 1. The van der Waals surface area contributed by atoms with Crippen LogP contribution in [0.5, 0.6) is 0 Å². The van der Waals surface area contributed by atoms with E-state index in [-0.39, 0.29) is 16.5 Å². The number of rotatable bonds is 5. The van der Waals surface area contributed by atoms with Gasteiger partial charge < -0.3 is 10.6 Å². The molecule has 0 saturated carbocycles. The standard InChI is InChI=1S/C13H15N3O3S/c1-8(14-3)12(9(2)17)13(20)15-10-4-6-11(7-5-10)16(18)19/h4-7,14H,1-3H3,(H,15,20). The van der Waals surface area contributed by atoms with Gasteiger partial charge in [0.1, 0.15) is 4.99 Å². The largest absolute Gasteiger partial charge is 0.391 e. The normalized spacial score (nSPS) is 11.3. The zero-order valence-electron chi connectivity index (χ0n) is 11.4. The number of nitro groups is 1. The van der Waals surface area contributed by atoms with Crippen LogP contribution in [0.3, 0.4) is 0 Å². The van der Waals surface area contributed by atoms with Crippen LogP contribution < -0.4 is 10.6 Å². The number of ketones is 1. The van der Waals surface area contributed by atoms with Crippen molar-refractivity contribution in [3.63, 3.8) is 0 Å². The van der Waals surface area contributed by atoms with E-state index >= 15 is 0 Å². The predicted molar refractivity (Wildman–Crippen MR) is 81.8 cm³/mol. The lowest BCUT2D eigenvalue weighted by molar-refractivity contribution is -0.384. The lowest BCUT2D eigenvalue weighted by Gasteiger charge is -2.12. The van der Waals surface area contributed by atoms with Gasteiger partial charge in [0.25, 0.3) is 5.69 Å². The summed E-state index contributed by atoms with van der Waals surface area (Å²) in [5.74, 6) is -0.156. The Kier molecular flexibility index (Phi) is 5.33. The molecule has 0 saturated heterocycles. The summed E-state index contributed by atoms with van der Waals surface area (Å²) < 4.78 is 0. The second-order valence-electron chi connectivity index (χ2n) is 4.06. The summed E-state index contributed by atoms with van der Waals surface area (Å²) in [5, 5.41) is 16.3. The smallest absolute Gasteiger partial charge is 0.269 e. The molecule has 7 heteroatoms. The molecule has 0 radical (unpaired) electrons. The Hall–Kier alpha value is -2.28. The first-order valence-corrected chi connectivity index (χ1v) is 6.23. The average molecular weight is 293 g/mol. The second kappa shape index (κ2) is 6.76. The van der Waals surface area contributed by atoms with Crippen molar-refractivity contribution in [2.45, 2.75) is 13.8 Å². The molecule has 20 heavy (non-hydrogen) atoms. The summed E-state index contributed by atoms with van der Waals surface area (Å²) in [6.07, 6.45) is 0. The van der Waals surface area contributed by atoms with Crippen LogP contribution in [-0.2, 0) is 4.79 Å². The van der Waals surface area contributed by atoms with Gasteiger partial charge in [-0.05, 0) is 26.0 Å². The number of allylic oxidation sites excluding steroid dienone is 1. The van der Waals surface area contributed by atoms with Gasteiger partial charge in [0, 0.05) is 30.6 Å². The van der Waals surface area contributed by atoms with Crippen LogP contribution in [0.4, 0.5) is 11.4 Å². The minimum atomic E-state index is -0.478. The van der Waals surface area contributed by atoms with Crippen LogP contribution in [0.2, 0.25) is 0 Å². The minimum Gasteiger partial charge on any atom is -0.391 e. The Morgan fingerprint density at radius 2 is 1.80 bits per heavy atom. The fourth-order valence-electron chi connectivity index (χ4n) is 1.58. The summed E-state index contributed by atoms with van der Waals surface area (Å²) in [6, 6.07) is 5.81. The number of nitrogens with one attached hydrogen (secondary N) is 2. The van der Waals surface area contributed by atoms with Crippen LogP contribution in [-0.4, -0.2) is 22.7 Å². The Balaban J connectivity index is 2.95. The van der Waals surface area contributed by atoms with Gasteiger partial charge in [0.05, 0.1) is 10.5 Å². The maximum absolute atomic E-state index is 11.6. The number of carbonyl (C=O) groups is 1. The number of carbonyl (C=O) groups excluding carboxylic acids is 1. The second-order valence-corrected chi connectivity index (χ2v) is 4.47. The molecule has 0 aromatic heterocycles. The molecular formula is C13H15N3O3S. The van der Waals surface area contributed by atoms with Crippen LogP contribution >= 0.6 is 12.2 Å². The van der Waals surface area contributed by atoms with Gasteiger partial charge >= 0.3 is 0 Å². The van der Waals surface area contributed by atoms with Gasteiger partial charge in [0.2, 0.25) is 0 Å². The highest BCUT2D eigenvalue weighted by Gasteiger charge is 2.14. The SMILES string of the molecule is CNC(C)=C(C(C)=O)C(=S)Nc1ccc([N+](=O)[O-])cc1. The van der Waals surface area contributed by atoms with E-state index in [1.54, 1.807) is 14.0 Å². The van der Waals surface area contributed by atoms with Gasteiger partial charge in [-0.1, -0.05) is 12.2 Å². The quantitative estimate of drug-likeness (QED) is 0.375. The number of nitro benzene ring substituents is 1. The summed E-state index contributed by atoms with van der Waals surface area (Å²) in [5.41, 5.74) is 1.64. The fourth-order valence-corrected chi connectivity index (χ4v) is 1.99. The van der Waals surface area contributed by atoms with Crippen LogP contribution in [0.25, 0.3) is 0 Å². The van der Waals surface area contributed by atoms with Crippen LogP contribution in [0.1, 0.15) is 13.8 Å². The van der Waals surface area contributed by atoms with E-state index in [1.807, 2.05) is 0 Å². The summed E-state index contributed by atoms with van der Waals surface area (Å²) in [4.78, 5) is 22.0. The highest BCUT2D eigenvalue weighted by Crippen LogP contribution is 2.17. The monoisotopic (exact) mass is 293 g/mol. The van der Waals surface area contributed by atoms with Gasteiger partial charge in [-0.3, -0.25) is 14.9 Å². The molecule has 6 nitrogen and oxygen atoms in total. The molecule has 0 heterocycles. The number of anilines is 1. The molecule has 0 bridgehead atoms. The average Bonchev–Trinajstić information content (AvgIpc) is 2.38. The van der Waals surface area contributed by atoms with Crippen molar-refractivity contribution in [3.8, 4) is 0 Å². The van der Waals surface area contributed by atoms with Crippen molar-refractivity contribution < 1.29 is 9.72 Å². The number of hydrogen-bond acceptors (Lipinski definition) is 5. The highest BCUT2D eigenvalue weighted by molar-refractivity contribution is 7.81. The van der Waals surface area contributed by atoms with Crippen LogP contribution in [0, 0.1) is 10.1 Å². The lowest BCUT2D eigenvalue weighted by Crippen LogP contribution is -2.22. The molecule has 106 valence electrons. The molecule has 0 unspecified atom stereocenters. The highest BCUT2D eigenvalue weighted by atomic mass is 32.1. The van der Waals surface area contributed by atoms with Gasteiger partial charge in [-0.25, -0.2) is 0 Å². The Bertz CT molecular complexity index is 579. The van der Waals surface area contributed by atoms with E-state index in [0.717, 1.165) is 0 Å². The first-order chi connectivity index (χ1) is 9.36. The molecule has 2 N–H and O–H groups in total. The molecule has 0 aliphatic carbocycles. The summed E-state index contributed by atoms with van der Waals surface area (Å²) in [6.45, 7) is 3.18. The molecule has 0 aliphatic rings. The van der Waals surface area contributed by atoms with Crippen molar-refractivity contribution in [1.82, 2.24) is 5.32 Å². The van der Waals surface area contributed by atoms with E-state index in [9.17, 15) is 14.9 Å². The topological polar surface area (TPSA) is 84.3 Å². The molecule has 0 aliphatic heterocycles. The van der Waals surface area contributed by atoms with E-state index < -0.39 is 4.92 Å². The summed E-state index contributed by atoms with van der Waals surface area (Å²) >= 11 is 5.20. The van der Waals surface area contributed by atoms with Crippen molar-refractivity contribution in [2.24, 2.45) is 0 Å². The molecule has 1 rings (SSSR count). The molecule has 0 fully saturated rings. The maximum Gasteiger partial charge on any atom is 0.269 e. The van der Waals surface area contributed by atoms with Gasteiger partial charge in [-0.15, -0.1) is 0 Å². The molecule has 0 spiro atoms. The van der Waals surface area contributed by atoms with Crippen molar-refractivity contribution in [3.05, 3.63) is 45.6 Å². The number of nitrogens with zero attached hydrogens (tertiary/aromatic N) is 1. The fraction of sp³-hybridized carbons (Fsp3) is 0.231. The van der Waals surface area contributed by atoms with Gasteiger partial charge in [-0.2, -0.15) is 0 Å². The maximum atomic E-state index is 11.6. The predicted octanol–water partition coefficient (Wildman–Crippen LogP) is 2.42. The first-order valence-electron chi connectivity index (χ1n) is 5.82. The van der Waals surface area contributed by atoms with E-state index in [0.29, 0.717) is 17.0 Å². The summed E-state index contributed by atoms with van der Waals surface area (Å²) in [7, 11) is 1.70. The third kappa shape index (κ3) is 3.86. The number of benzene rings is 1. The van der Waals surface area contributed by atoms with E-state index in [1.165, 1.54) is 31.2 Å². The van der Waals surface area contributed by atoms with Crippen molar-refractivity contribution in [2.75, 3.05) is 12.4 Å². The lowest BCUT2D eigenvalue weighted by atomic mass is 10.1. The first kappa shape index (κ1) is 15.8. The van der Waals surface area contributed by atoms with E-state index in [4.69, 9.17) is 12.2 Å². The van der Waals surface area contributed by atoms with Gasteiger partial charge in [0.15, 0.2) is 5.78 Å². The Morgan fingerprint density at radius 1 is 1.25 bits per heavy atom. The number of Topliss-reactive ketones (excluding diaryl/α,β-unsaturated/α-hetero) is 1. The third-order valence-electron chi connectivity index (χ3n) is 2.67. The molecular weight excluding hydrogens is 278 g/mol. The Morgan fingerprint density at radius 3 is 2.20 bits per heavy atom. The third-order valence-corrected chi connectivity index (χ3v) is 2.97. The minimum absolute atomic E-state index is 0.00444. The number of thiocarbonyl (C=S) groups is 1. The van der Waals surface area contributed by atoms with E-state index in [2.05, 4.69) is 10.6 Å². The number of hydrogen-bond donors (Lipinski definition) is 2. The molecule has 0 amide bonds. The van der Waals surface area contributed by atoms with Crippen LogP contribution in [0.15, 0.2) is 35.5 Å². The molecule has 0 atom stereocenters. The van der Waals surface area contributed by atoms with Crippen molar-refractivity contribution in [1.29, 1.82) is 0 Å². The molecule has 1 aromatic carbocycles. The Labute approximate surface area is 122 Å². The zero-order chi connectivity index (χ0) is 15.3. The zero-order valence-corrected chi connectivity index (χ0v) is 12.2. The van der Waals surface area contributed by atoms with Crippen molar-refractivity contribution >= 4 is 34.4 Å². The molecule has 1 aromatic rings.